The molecule has 0 aromatic carbocycles. The van der Waals surface area contributed by atoms with Crippen LogP contribution in [0.4, 0.5) is 0 Å². The summed E-state index contributed by atoms with van der Waals surface area (Å²) in [5.74, 6) is 0. The standard InChI is InChI=1S/C9H20O4S.C4H10O.Na/c1-2-3-4-5-6-7-8-9-13-14(10,11)12;1-3-5-4-2;/h2-9H2,1H3,(H,10,11,12);3-4H2,1-2H3;/q;;+1/p-1. The van der Waals surface area contributed by atoms with E-state index in [1.807, 2.05) is 13.8 Å². The summed E-state index contributed by atoms with van der Waals surface area (Å²) < 4.78 is 39.0. The molecular weight excluding hydrogens is 291 g/mol. The second-order valence-corrected chi connectivity index (χ2v) is 5.19. The van der Waals surface area contributed by atoms with Crippen LogP contribution < -0.4 is 29.6 Å². The van der Waals surface area contributed by atoms with Crippen LogP contribution in [0.15, 0.2) is 0 Å². The molecule has 0 aliphatic heterocycles. The van der Waals surface area contributed by atoms with E-state index in [4.69, 9.17) is 4.74 Å². The van der Waals surface area contributed by atoms with Crippen LogP contribution in [0.2, 0.25) is 0 Å². The first-order valence-corrected chi connectivity index (χ1v) is 8.49. The summed E-state index contributed by atoms with van der Waals surface area (Å²) in [6.07, 6.45) is 7.55. The minimum Gasteiger partial charge on any atom is -0.726 e. The topological polar surface area (TPSA) is 75.7 Å². The molecule has 0 aliphatic rings. The number of ether oxygens (including phenoxy) is 1. The zero-order chi connectivity index (χ0) is 15.0. The van der Waals surface area contributed by atoms with Gasteiger partial charge in [-0.3, -0.25) is 4.18 Å². The molecule has 0 amide bonds. The normalized spacial score (nSPS) is 10.4. The first kappa shape index (κ1) is 25.8. The minimum atomic E-state index is -4.48. The molecule has 0 bridgehead atoms. The first-order valence-electron chi connectivity index (χ1n) is 7.15. The second kappa shape index (κ2) is 19.8. The Balaban J connectivity index is -0.000000414. The van der Waals surface area contributed by atoms with Crippen molar-refractivity contribution >= 4 is 10.4 Å². The fourth-order valence-electron chi connectivity index (χ4n) is 1.42. The minimum absolute atomic E-state index is 0. The quantitative estimate of drug-likeness (QED) is 0.236. The van der Waals surface area contributed by atoms with E-state index in [2.05, 4.69) is 11.1 Å². The van der Waals surface area contributed by atoms with Gasteiger partial charge < -0.3 is 9.29 Å². The molecule has 0 saturated carbocycles. The molecule has 0 spiro atoms. The van der Waals surface area contributed by atoms with E-state index >= 15 is 0 Å². The predicted molar refractivity (Wildman–Crippen MR) is 75.8 cm³/mol. The zero-order valence-electron chi connectivity index (χ0n) is 13.5. The van der Waals surface area contributed by atoms with Crippen LogP contribution in [0.5, 0.6) is 0 Å². The van der Waals surface area contributed by atoms with Crippen LogP contribution >= 0.6 is 0 Å². The Kier molecular flexibility index (Phi) is 25.5. The van der Waals surface area contributed by atoms with E-state index in [0.717, 1.165) is 26.1 Å². The Labute approximate surface area is 147 Å². The van der Waals surface area contributed by atoms with E-state index in [1.165, 1.54) is 25.7 Å². The van der Waals surface area contributed by atoms with Crippen LogP contribution in [0, 0.1) is 0 Å². The summed E-state index contributed by atoms with van der Waals surface area (Å²) >= 11 is 0. The fourth-order valence-corrected chi connectivity index (χ4v) is 1.75. The second-order valence-electron chi connectivity index (χ2n) is 4.13. The summed E-state index contributed by atoms with van der Waals surface area (Å²) in [6, 6.07) is 0. The maximum atomic E-state index is 10.0. The summed E-state index contributed by atoms with van der Waals surface area (Å²) in [4.78, 5) is 0. The molecule has 0 heterocycles. The number of hydrogen-bond acceptors (Lipinski definition) is 5. The molecule has 0 aromatic heterocycles. The van der Waals surface area contributed by atoms with Crippen molar-refractivity contribution in [2.45, 2.75) is 65.7 Å². The van der Waals surface area contributed by atoms with Gasteiger partial charge >= 0.3 is 29.6 Å². The predicted octanol–water partition coefficient (Wildman–Crippen LogP) is 0.261. The maximum Gasteiger partial charge on any atom is 1.00 e. The number of hydrogen-bond donors (Lipinski definition) is 0. The van der Waals surface area contributed by atoms with Gasteiger partial charge in [-0.05, 0) is 20.3 Å². The maximum absolute atomic E-state index is 10.0. The van der Waals surface area contributed by atoms with Crippen molar-refractivity contribution in [1.29, 1.82) is 0 Å². The Morgan fingerprint density at radius 1 is 0.850 bits per heavy atom. The molecule has 0 N–H and O–H groups in total. The van der Waals surface area contributed by atoms with Crippen molar-refractivity contribution in [3.8, 4) is 0 Å². The molecule has 5 nitrogen and oxygen atoms in total. The van der Waals surface area contributed by atoms with Gasteiger partial charge in [-0.1, -0.05) is 45.4 Å². The number of unbranched alkanes of at least 4 members (excludes halogenated alkanes) is 6. The molecule has 7 heteroatoms. The first-order chi connectivity index (χ1) is 8.97. The molecule has 0 atom stereocenters. The smallest absolute Gasteiger partial charge is 0.726 e. The van der Waals surface area contributed by atoms with Gasteiger partial charge in [0.2, 0.25) is 10.4 Å². The molecule has 20 heavy (non-hydrogen) atoms. The summed E-state index contributed by atoms with van der Waals surface area (Å²) in [5.41, 5.74) is 0. The largest absolute Gasteiger partial charge is 1.00 e. The number of rotatable bonds is 11. The van der Waals surface area contributed by atoms with Gasteiger partial charge in [-0.25, -0.2) is 8.42 Å². The summed E-state index contributed by atoms with van der Waals surface area (Å²) in [7, 11) is -4.48. The van der Waals surface area contributed by atoms with Gasteiger partial charge in [0.05, 0.1) is 6.61 Å². The van der Waals surface area contributed by atoms with Crippen molar-refractivity contribution in [1.82, 2.24) is 0 Å². The van der Waals surface area contributed by atoms with Gasteiger partial charge in [0.15, 0.2) is 0 Å². The van der Waals surface area contributed by atoms with E-state index in [-0.39, 0.29) is 36.2 Å². The van der Waals surface area contributed by atoms with E-state index < -0.39 is 10.4 Å². The summed E-state index contributed by atoms with van der Waals surface area (Å²) in [5, 5.41) is 0. The van der Waals surface area contributed by atoms with Crippen molar-refractivity contribution in [2.24, 2.45) is 0 Å². The monoisotopic (exact) mass is 320 g/mol. The van der Waals surface area contributed by atoms with E-state index in [0.29, 0.717) is 6.42 Å². The van der Waals surface area contributed by atoms with Crippen molar-refractivity contribution in [3.63, 3.8) is 0 Å². The van der Waals surface area contributed by atoms with Gasteiger partial charge in [0.25, 0.3) is 0 Å². The van der Waals surface area contributed by atoms with Crippen LogP contribution in [-0.4, -0.2) is 32.8 Å². The molecule has 0 radical (unpaired) electrons. The van der Waals surface area contributed by atoms with Crippen molar-refractivity contribution in [2.75, 3.05) is 19.8 Å². The van der Waals surface area contributed by atoms with Gasteiger partial charge in [-0.2, -0.15) is 0 Å². The molecule has 0 fully saturated rings. The Morgan fingerprint density at radius 2 is 1.30 bits per heavy atom. The van der Waals surface area contributed by atoms with E-state index in [1.54, 1.807) is 0 Å². The molecule has 0 unspecified atom stereocenters. The van der Waals surface area contributed by atoms with Crippen LogP contribution in [0.25, 0.3) is 0 Å². The third kappa shape index (κ3) is 31.3. The Bertz CT molecular complexity index is 255. The third-order valence-electron chi connectivity index (χ3n) is 2.38. The van der Waals surface area contributed by atoms with Gasteiger partial charge in [0, 0.05) is 13.2 Å². The molecule has 0 aliphatic carbocycles. The molecule has 0 saturated heterocycles. The molecule has 0 aromatic rings. The van der Waals surface area contributed by atoms with Crippen LogP contribution in [0.3, 0.4) is 0 Å². The summed E-state index contributed by atoms with van der Waals surface area (Å²) in [6.45, 7) is 7.85. The van der Waals surface area contributed by atoms with Crippen molar-refractivity contribution in [3.05, 3.63) is 0 Å². The van der Waals surface area contributed by atoms with Crippen molar-refractivity contribution < 1.29 is 51.4 Å². The fraction of sp³-hybridized carbons (Fsp3) is 1.00. The van der Waals surface area contributed by atoms with Crippen LogP contribution in [-0.2, 0) is 19.3 Å². The molecular formula is C13H29NaO5S. The zero-order valence-corrected chi connectivity index (χ0v) is 16.3. The van der Waals surface area contributed by atoms with Gasteiger partial charge in [0.1, 0.15) is 0 Å². The SMILES string of the molecule is CCCCCCCCCOS(=O)(=O)[O-].CCOCC.[Na+]. The van der Waals surface area contributed by atoms with Gasteiger partial charge in [-0.15, -0.1) is 0 Å². The van der Waals surface area contributed by atoms with E-state index in [9.17, 15) is 13.0 Å². The van der Waals surface area contributed by atoms with Crippen LogP contribution in [0.1, 0.15) is 65.7 Å². The average Bonchev–Trinajstić information content (AvgIpc) is 2.33. The third-order valence-corrected chi connectivity index (χ3v) is 2.84. The Morgan fingerprint density at radius 3 is 1.65 bits per heavy atom. The molecule has 118 valence electrons. The average molecular weight is 320 g/mol. The molecule has 0 rings (SSSR count). The Hall–Kier alpha value is 0.830.